The fourth-order valence-corrected chi connectivity index (χ4v) is 2.76. The third-order valence-corrected chi connectivity index (χ3v) is 4.29. The average molecular weight is 307 g/mol. The number of halogens is 1. The van der Waals surface area contributed by atoms with E-state index in [1.165, 1.54) is 23.5 Å². The number of hydrogen-bond donors (Lipinski definition) is 1. The molecule has 112 valence electrons. The zero-order valence-corrected chi connectivity index (χ0v) is 12.9. The average Bonchev–Trinajstić information content (AvgIpc) is 2.95. The van der Waals surface area contributed by atoms with E-state index in [-0.39, 0.29) is 17.8 Å². The van der Waals surface area contributed by atoms with Gasteiger partial charge < -0.3 is 10.6 Å². The Labute approximate surface area is 127 Å². The molecule has 2 N–H and O–H groups in total. The van der Waals surface area contributed by atoms with E-state index in [2.05, 4.69) is 4.98 Å². The van der Waals surface area contributed by atoms with Crippen LogP contribution in [0.5, 0.6) is 0 Å². The summed E-state index contributed by atoms with van der Waals surface area (Å²) in [6, 6.07) is 6.01. The van der Waals surface area contributed by atoms with Crippen molar-refractivity contribution < 1.29 is 9.18 Å². The number of benzene rings is 1. The summed E-state index contributed by atoms with van der Waals surface area (Å²) in [7, 11) is 1.72. The molecule has 1 aromatic heterocycles. The predicted molar refractivity (Wildman–Crippen MR) is 81.8 cm³/mol. The van der Waals surface area contributed by atoms with E-state index in [1.807, 2.05) is 6.92 Å². The maximum absolute atomic E-state index is 13.0. The minimum atomic E-state index is -0.286. The van der Waals surface area contributed by atoms with Crippen molar-refractivity contribution in [2.45, 2.75) is 19.4 Å². The molecule has 0 spiro atoms. The molecular weight excluding hydrogens is 289 g/mol. The van der Waals surface area contributed by atoms with Gasteiger partial charge in [0, 0.05) is 18.8 Å². The van der Waals surface area contributed by atoms with Crippen molar-refractivity contribution >= 4 is 17.2 Å². The molecule has 1 amide bonds. The number of nitrogens with zero attached hydrogens (tertiary/aromatic N) is 2. The lowest BCUT2D eigenvalue weighted by Crippen LogP contribution is -2.30. The Hall–Kier alpha value is -1.79. The lowest BCUT2D eigenvalue weighted by atomic mass is 10.1. The zero-order valence-electron chi connectivity index (χ0n) is 12.0. The standard InChI is InChI=1S/C15H18FN3OS/c1-10(11-3-5-12(16)6-4-11)19(2)15(20)13-9-21-14(18-13)7-8-17/h3-6,9-10H,7-8,17H2,1-2H3. The summed E-state index contributed by atoms with van der Waals surface area (Å²) < 4.78 is 13.0. The molecule has 0 aliphatic heterocycles. The molecule has 0 aliphatic rings. The van der Waals surface area contributed by atoms with E-state index in [1.54, 1.807) is 29.5 Å². The van der Waals surface area contributed by atoms with Crippen LogP contribution in [-0.2, 0) is 6.42 Å². The first-order valence-corrected chi connectivity index (χ1v) is 7.58. The van der Waals surface area contributed by atoms with Crippen LogP contribution in [0.2, 0.25) is 0 Å². The van der Waals surface area contributed by atoms with E-state index in [4.69, 9.17) is 5.73 Å². The Kier molecular flexibility index (Phi) is 5.03. The number of carbonyl (C=O) groups is 1. The predicted octanol–water partition coefficient (Wildman–Crippen LogP) is 2.62. The van der Waals surface area contributed by atoms with E-state index in [0.29, 0.717) is 18.7 Å². The number of hydrogen-bond acceptors (Lipinski definition) is 4. The Morgan fingerprint density at radius 2 is 2.10 bits per heavy atom. The van der Waals surface area contributed by atoms with E-state index in [9.17, 15) is 9.18 Å². The molecule has 21 heavy (non-hydrogen) atoms. The maximum Gasteiger partial charge on any atom is 0.273 e. The molecule has 6 heteroatoms. The maximum atomic E-state index is 13.0. The van der Waals surface area contributed by atoms with Gasteiger partial charge in [0.25, 0.3) is 5.91 Å². The van der Waals surface area contributed by atoms with Crippen LogP contribution in [0.4, 0.5) is 4.39 Å². The second-order valence-electron chi connectivity index (χ2n) is 4.81. The van der Waals surface area contributed by atoms with E-state index in [0.717, 1.165) is 10.6 Å². The quantitative estimate of drug-likeness (QED) is 0.923. The Bertz CT molecular complexity index is 612. The molecule has 1 aromatic carbocycles. The fourth-order valence-electron chi connectivity index (χ4n) is 1.97. The molecule has 0 saturated heterocycles. The molecule has 1 unspecified atom stereocenters. The fraction of sp³-hybridized carbons (Fsp3) is 0.333. The number of thiazole rings is 1. The van der Waals surface area contributed by atoms with Crippen molar-refractivity contribution in [1.29, 1.82) is 0 Å². The first kappa shape index (κ1) is 15.6. The third kappa shape index (κ3) is 3.65. The molecular formula is C15H18FN3OS. The largest absolute Gasteiger partial charge is 0.334 e. The number of amides is 1. The van der Waals surface area contributed by atoms with Gasteiger partial charge >= 0.3 is 0 Å². The van der Waals surface area contributed by atoms with Crippen LogP contribution in [0, 0.1) is 5.82 Å². The van der Waals surface area contributed by atoms with Crippen LogP contribution in [-0.4, -0.2) is 29.4 Å². The molecule has 0 radical (unpaired) electrons. The van der Waals surface area contributed by atoms with Gasteiger partial charge in [0.2, 0.25) is 0 Å². The zero-order chi connectivity index (χ0) is 15.4. The van der Waals surface area contributed by atoms with Gasteiger partial charge in [-0.3, -0.25) is 4.79 Å². The molecule has 0 saturated carbocycles. The molecule has 0 aliphatic carbocycles. The molecule has 2 aromatic rings. The van der Waals surface area contributed by atoms with Crippen molar-refractivity contribution in [2.75, 3.05) is 13.6 Å². The number of aromatic nitrogens is 1. The van der Waals surface area contributed by atoms with Gasteiger partial charge in [-0.1, -0.05) is 12.1 Å². The summed E-state index contributed by atoms with van der Waals surface area (Å²) >= 11 is 1.44. The van der Waals surface area contributed by atoms with Gasteiger partial charge in [0.15, 0.2) is 0 Å². The van der Waals surface area contributed by atoms with Crippen molar-refractivity contribution in [3.05, 3.63) is 51.7 Å². The van der Waals surface area contributed by atoms with Crippen LogP contribution < -0.4 is 5.73 Å². The first-order valence-electron chi connectivity index (χ1n) is 6.70. The highest BCUT2D eigenvalue weighted by atomic mass is 32.1. The van der Waals surface area contributed by atoms with Crippen molar-refractivity contribution in [1.82, 2.24) is 9.88 Å². The smallest absolute Gasteiger partial charge is 0.273 e. The molecule has 4 nitrogen and oxygen atoms in total. The summed E-state index contributed by atoms with van der Waals surface area (Å²) in [5, 5.41) is 2.62. The highest BCUT2D eigenvalue weighted by Gasteiger charge is 2.21. The first-order chi connectivity index (χ1) is 10.0. The van der Waals surface area contributed by atoms with E-state index >= 15 is 0 Å². The Morgan fingerprint density at radius 1 is 1.43 bits per heavy atom. The summed E-state index contributed by atoms with van der Waals surface area (Å²) in [5.74, 6) is -0.433. The Morgan fingerprint density at radius 3 is 2.71 bits per heavy atom. The normalized spacial score (nSPS) is 12.2. The topological polar surface area (TPSA) is 59.2 Å². The minimum Gasteiger partial charge on any atom is -0.334 e. The van der Waals surface area contributed by atoms with Crippen molar-refractivity contribution in [3.8, 4) is 0 Å². The van der Waals surface area contributed by atoms with Crippen LogP contribution in [0.3, 0.4) is 0 Å². The number of nitrogens with two attached hydrogens (primary N) is 1. The van der Waals surface area contributed by atoms with Gasteiger partial charge in [-0.25, -0.2) is 9.37 Å². The van der Waals surface area contributed by atoms with Crippen LogP contribution in [0.15, 0.2) is 29.6 Å². The monoisotopic (exact) mass is 307 g/mol. The van der Waals surface area contributed by atoms with Crippen LogP contribution in [0.25, 0.3) is 0 Å². The third-order valence-electron chi connectivity index (χ3n) is 3.38. The van der Waals surface area contributed by atoms with Gasteiger partial charge in [-0.05, 0) is 31.2 Å². The highest BCUT2D eigenvalue weighted by molar-refractivity contribution is 7.09. The van der Waals surface area contributed by atoms with Gasteiger partial charge in [0.05, 0.1) is 11.0 Å². The summed E-state index contributed by atoms with van der Waals surface area (Å²) in [6.45, 7) is 2.42. The number of rotatable bonds is 5. The van der Waals surface area contributed by atoms with E-state index < -0.39 is 0 Å². The van der Waals surface area contributed by atoms with Crippen LogP contribution >= 0.6 is 11.3 Å². The van der Waals surface area contributed by atoms with Crippen LogP contribution in [0.1, 0.15) is 34.0 Å². The minimum absolute atomic E-state index is 0.147. The molecule has 0 bridgehead atoms. The molecule has 1 atom stereocenters. The molecule has 0 fully saturated rings. The molecule has 2 rings (SSSR count). The summed E-state index contributed by atoms with van der Waals surface area (Å²) in [5.41, 5.74) is 6.79. The summed E-state index contributed by atoms with van der Waals surface area (Å²) in [4.78, 5) is 18.3. The lowest BCUT2D eigenvalue weighted by Gasteiger charge is -2.24. The highest BCUT2D eigenvalue weighted by Crippen LogP contribution is 2.21. The lowest BCUT2D eigenvalue weighted by molar-refractivity contribution is 0.0737. The van der Waals surface area contributed by atoms with Gasteiger partial charge in [-0.15, -0.1) is 11.3 Å². The SMILES string of the molecule is CC(c1ccc(F)cc1)N(C)C(=O)c1csc(CCN)n1. The second-order valence-corrected chi connectivity index (χ2v) is 5.75. The number of carbonyl (C=O) groups excluding carboxylic acids is 1. The molecule has 1 heterocycles. The van der Waals surface area contributed by atoms with Gasteiger partial charge in [0.1, 0.15) is 11.5 Å². The van der Waals surface area contributed by atoms with Crippen molar-refractivity contribution in [3.63, 3.8) is 0 Å². The van der Waals surface area contributed by atoms with Crippen molar-refractivity contribution in [2.24, 2.45) is 5.73 Å². The summed E-state index contributed by atoms with van der Waals surface area (Å²) in [6.07, 6.45) is 0.676. The second kappa shape index (κ2) is 6.78. The van der Waals surface area contributed by atoms with Gasteiger partial charge in [-0.2, -0.15) is 0 Å². The Balaban J connectivity index is 2.12.